The molecule has 4 nitrogen and oxygen atoms in total. The monoisotopic (exact) mass is 872 g/mol. The van der Waals surface area contributed by atoms with E-state index in [1.165, 1.54) is 11.1 Å². The van der Waals surface area contributed by atoms with Crippen LogP contribution in [0.5, 0.6) is 0 Å². The fourth-order valence-corrected chi connectivity index (χ4v) is 8.75. The number of halogens is 1. The van der Waals surface area contributed by atoms with Gasteiger partial charge in [-0.2, -0.15) is 0 Å². The van der Waals surface area contributed by atoms with E-state index in [1.807, 2.05) is 49.1 Å². The van der Waals surface area contributed by atoms with E-state index in [0.717, 1.165) is 99.3 Å². The van der Waals surface area contributed by atoms with Crippen molar-refractivity contribution in [3.63, 3.8) is 0 Å². The number of aryl methyl sites for hydroxylation is 2. The molecule has 0 spiro atoms. The molecule has 0 unspecified atom stereocenters. The maximum atomic E-state index is 4.96. The molecule has 10 aromatic rings. The standard InChI is InChI=1S/C58H41BrN4/c1-38-12-9-14-40(28-38)56-26-24-43(34-60-56)50-18-3-5-20-52(50)45-30-46(53-21-6-4-19-51(53)44-25-27-57(61-35-44)41-15-10-13-39(2)29-41)32-47(31-45)54-22-7-8-23-55(54)48-36-62-58(63-37-48)42-16-11-17-49(59)33-42/h3-37H,1-2H3. The molecule has 63 heavy (non-hydrogen) atoms. The highest BCUT2D eigenvalue weighted by molar-refractivity contribution is 9.10. The van der Waals surface area contributed by atoms with Gasteiger partial charge in [0, 0.05) is 62.6 Å². The van der Waals surface area contributed by atoms with E-state index in [1.54, 1.807) is 0 Å². The summed E-state index contributed by atoms with van der Waals surface area (Å²) in [4.78, 5) is 19.6. The lowest BCUT2D eigenvalue weighted by Crippen LogP contribution is -1.94. The van der Waals surface area contributed by atoms with Crippen LogP contribution in [0.3, 0.4) is 0 Å². The van der Waals surface area contributed by atoms with Gasteiger partial charge in [-0.1, -0.05) is 161 Å². The molecule has 0 N–H and O–H groups in total. The van der Waals surface area contributed by atoms with Gasteiger partial charge in [0.2, 0.25) is 0 Å². The predicted molar refractivity (Wildman–Crippen MR) is 264 cm³/mol. The molecule has 0 atom stereocenters. The molecule has 0 aliphatic carbocycles. The van der Waals surface area contributed by atoms with Crippen molar-refractivity contribution >= 4 is 15.9 Å². The quantitative estimate of drug-likeness (QED) is 0.145. The van der Waals surface area contributed by atoms with Crippen LogP contribution in [0.1, 0.15) is 11.1 Å². The average Bonchev–Trinajstić information content (AvgIpc) is 3.34. The third kappa shape index (κ3) is 8.39. The van der Waals surface area contributed by atoms with Crippen LogP contribution in [0.25, 0.3) is 101 Å². The molecule has 3 heterocycles. The zero-order valence-electron chi connectivity index (χ0n) is 34.9. The van der Waals surface area contributed by atoms with Crippen LogP contribution in [0.2, 0.25) is 0 Å². The molecule has 300 valence electrons. The van der Waals surface area contributed by atoms with Crippen LogP contribution >= 0.6 is 15.9 Å². The third-order valence-corrected chi connectivity index (χ3v) is 12.0. The van der Waals surface area contributed by atoms with E-state index in [0.29, 0.717) is 5.82 Å². The second-order valence-electron chi connectivity index (χ2n) is 15.8. The fourth-order valence-electron chi connectivity index (χ4n) is 8.35. The van der Waals surface area contributed by atoms with Gasteiger partial charge in [-0.25, -0.2) is 9.97 Å². The molecule has 5 heteroatoms. The lowest BCUT2D eigenvalue weighted by molar-refractivity contribution is 1.18. The average molecular weight is 874 g/mol. The minimum atomic E-state index is 0.679. The van der Waals surface area contributed by atoms with Gasteiger partial charge in [-0.15, -0.1) is 0 Å². The predicted octanol–water partition coefficient (Wildman–Crippen LogP) is 15.6. The van der Waals surface area contributed by atoms with E-state index >= 15 is 0 Å². The van der Waals surface area contributed by atoms with E-state index in [2.05, 4.69) is 194 Å². The molecule has 0 fully saturated rings. The highest BCUT2D eigenvalue weighted by Gasteiger charge is 2.17. The minimum Gasteiger partial charge on any atom is -0.256 e. The fraction of sp³-hybridized carbons (Fsp3) is 0.0345. The Balaban J connectivity index is 1.11. The van der Waals surface area contributed by atoms with E-state index in [4.69, 9.17) is 19.9 Å². The molecule has 0 saturated heterocycles. The van der Waals surface area contributed by atoms with Crippen LogP contribution in [-0.4, -0.2) is 19.9 Å². The van der Waals surface area contributed by atoms with E-state index in [9.17, 15) is 0 Å². The zero-order valence-corrected chi connectivity index (χ0v) is 36.5. The summed E-state index contributed by atoms with van der Waals surface area (Å²) < 4.78 is 0.989. The first-order valence-electron chi connectivity index (χ1n) is 21.0. The number of pyridine rings is 2. The second kappa shape index (κ2) is 17.4. The first kappa shape index (κ1) is 39.5. The van der Waals surface area contributed by atoms with Crippen molar-refractivity contribution in [2.75, 3.05) is 0 Å². The second-order valence-corrected chi connectivity index (χ2v) is 16.8. The molecule has 10 rings (SSSR count). The number of nitrogens with zero attached hydrogens (tertiary/aromatic N) is 4. The highest BCUT2D eigenvalue weighted by Crippen LogP contribution is 2.42. The molecule has 0 aliphatic heterocycles. The van der Waals surface area contributed by atoms with Gasteiger partial charge in [0.15, 0.2) is 5.82 Å². The van der Waals surface area contributed by atoms with Gasteiger partial charge in [0.25, 0.3) is 0 Å². The lowest BCUT2D eigenvalue weighted by Gasteiger charge is -2.18. The van der Waals surface area contributed by atoms with Crippen molar-refractivity contribution in [2.24, 2.45) is 0 Å². The first-order valence-corrected chi connectivity index (χ1v) is 21.8. The van der Waals surface area contributed by atoms with Gasteiger partial charge in [-0.05, 0) is 119 Å². The number of rotatable bonds is 9. The number of hydrogen-bond donors (Lipinski definition) is 0. The van der Waals surface area contributed by atoms with Crippen LogP contribution < -0.4 is 0 Å². The summed E-state index contributed by atoms with van der Waals surface area (Å²) in [6.07, 6.45) is 7.85. The summed E-state index contributed by atoms with van der Waals surface area (Å²) >= 11 is 3.59. The molecule has 0 bridgehead atoms. The normalized spacial score (nSPS) is 11.1. The minimum absolute atomic E-state index is 0.679. The Morgan fingerprint density at radius 1 is 0.286 bits per heavy atom. The molecule has 7 aromatic carbocycles. The van der Waals surface area contributed by atoms with Crippen molar-refractivity contribution in [3.05, 3.63) is 228 Å². The Kier molecular flexibility index (Phi) is 10.9. The number of aromatic nitrogens is 4. The molecule has 0 aliphatic rings. The van der Waals surface area contributed by atoms with Gasteiger partial charge < -0.3 is 0 Å². The SMILES string of the molecule is Cc1cccc(-c2ccc(-c3ccccc3-c3cc(-c4ccccc4-c4ccc(-c5cccc(C)c5)nc4)cc(-c4ccccc4-c4cnc(-c5cccc(Br)c5)nc4)c3)cn2)c1. The Labute approximate surface area is 376 Å². The van der Waals surface area contributed by atoms with Crippen molar-refractivity contribution < 1.29 is 0 Å². The zero-order chi connectivity index (χ0) is 42.7. The molecule has 3 aromatic heterocycles. The third-order valence-electron chi connectivity index (χ3n) is 11.5. The summed E-state index contributed by atoms with van der Waals surface area (Å²) in [7, 11) is 0. The van der Waals surface area contributed by atoms with Crippen molar-refractivity contribution in [1.29, 1.82) is 0 Å². The van der Waals surface area contributed by atoms with Crippen molar-refractivity contribution in [3.8, 4) is 101 Å². The molecule has 0 saturated carbocycles. The molecule has 0 amide bonds. The van der Waals surface area contributed by atoms with E-state index in [-0.39, 0.29) is 0 Å². The van der Waals surface area contributed by atoms with E-state index < -0.39 is 0 Å². The molecular formula is C58H41BrN4. The van der Waals surface area contributed by atoms with Gasteiger partial charge in [-0.3, -0.25) is 9.97 Å². The van der Waals surface area contributed by atoms with Gasteiger partial charge in [0.05, 0.1) is 11.4 Å². The van der Waals surface area contributed by atoms with Crippen LogP contribution in [0, 0.1) is 13.8 Å². The number of hydrogen-bond acceptors (Lipinski definition) is 4. The first-order chi connectivity index (χ1) is 30.9. The topological polar surface area (TPSA) is 51.6 Å². The largest absolute Gasteiger partial charge is 0.256 e. The summed E-state index contributed by atoms with van der Waals surface area (Å²) in [6, 6.07) is 66.4. The van der Waals surface area contributed by atoms with Crippen molar-refractivity contribution in [1.82, 2.24) is 19.9 Å². The Morgan fingerprint density at radius 2 is 0.667 bits per heavy atom. The molecular weight excluding hydrogens is 833 g/mol. The number of benzene rings is 7. The highest BCUT2D eigenvalue weighted by atomic mass is 79.9. The summed E-state index contributed by atoms with van der Waals surface area (Å²) in [5, 5.41) is 0. The molecule has 0 radical (unpaired) electrons. The summed E-state index contributed by atoms with van der Waals surface area (Å²) in [5.74, 6) is 0.679. The summed E-state index contributed by atoms with van der Waals surface area (Å²) in [5.41, 5.74) is 20.4. The van der Waals surface area contributed by atoms with Crippen molar-refractivity contribution in [2.45, 2.75) is 13.8 Å². The smallest absolute Gasteiger partial charge is 0.159 e. The Morgan fingerprint density at radius 3 is 1.06 bits per heavy atom. The Bertz CT molecular complexity index is 2890. The van der Waals surface area contributed by atoms with Crippen LogP contribution in [0.4, 0.5) is 0 Å². The Hall–Kier alpha value is -7.60. The maximum absolute atomic E-state index is 4.96. The van der Waals surface area contributed by atoms with Gasteiger partial charge >= 0.3 is 0 Å². The van der Waals surface area contributed by atoms with Crippen LogP contribution in [0.15, 0.2) is 217 Å². The lowest BCUT2D eigenvalue weighted by atomic mass is 9.86. The maximum Gasteiger partial charge on any atom is 0.159 e. The van der Waals surface area contributed by atoms with Crippen LogP contribution in [-0.2, 0) is 0 Å². The van der Waals surface area contributed by atoms with Gasteiger partial charge in [0.1, 0.15) is 0 Å². The summed E-state index contributed by atoms with van der Waals surface area (Å²) in [6.45, 7) is 4.22.